The maximum absolute atomic E-state index is 9.72. The van der Waals surface area contributed by atoms with E-state index in [2.05, 4.69) is 31.1 Å². The minimum absolute atomic E-state index is 0.382. The molecule has 5 rings (SSSR count). The van der Waals surface area contributed by atoms with Crippen molar-refractivity contribution in [3.63, 3.8) is 0 Å². The van der Waals surface area contributed by atoms with Gasteiger partial charge in [0.25, 0.3) is 0 Å². The highest BCUT2D eigenvalue weighted by Crippen LogP contribution is 2.35. The first-order chi connectivity index (χ1) is 16.0. The van der Waals surface area contributed by atoms with Gasteiger partial charge in [-0.2, -0.15) is 10.4 Å². The first kappa shape index (κ1) is 21.5. The van der Waals surface area contributed by atoms with Crippen molar-refractivity contribution < 1.29 is 4.74 Å². The van der Waals surface area contributed by atoms with Crippen molar-refractivity contribution in [2.45, 2.75) is 25.9 Å². The SMILES string of the molecule is C[C@@H](Oc1ccc2[nH]nc(-c3cnc(N4CCCC4)c(C#N)c3)c2c1)c1c(Cl)cncc1Cl. The number of hydrogen-bond acceptors (Lipinski definition) is 6. The molecule has 1 saturated heterocycles. The van der Waals surface area contributed by atoms with E-state index in [9.17, 15) is 5.26 Å². The van der Waals surface area contributed by atoms with E-state index in [1.54, 1.807) is 18.6 Å². The summed E-state index contributed by atoms with van der Waals surface area (Å²) in [6, 6.07) is 9.82. The van der Waals surface area contributed by atoms with Crippen LogP contribution in [-0.4, -0.2) is 33.3 Å². The van der Waals surface area contributed by atoms with Crippen LogP contribution in [0.2, 0.25) is 10.0 Å². The number of aromatic amines is 1. The summed E-state index contributed by atoms with van der Waals surface area (Å²) in [4.78, 5) is 10.8. The summed E-state index contributed by atoms with van der Waals surface area (Å²) in [7, 11) is 0. The predicted octanol–water partition coefficient (Wildman–Crippen LogP) is 5.94. The highest BCUT2D eigenvalue weighted by Gasteiger charge is 2.20. The number of benzene rings is 1. The Morgan fingerprint density at radius 2 is 1.88 bits per heavy atom. The zero-order chi connectivity index (χ0) is 22.9. The summed E-state index contributed by atoms with van der Waals surface area (Å²) >= 11 is 12.6. The number of pyridine rings is 2. The van der Waals surface area contributed by atoms with Crippen LogP contribution in [0.4, 0.5) is 5.82 Å². The third kappa shape index (κ3) is 4.08. The van der Waals surface area contributed by atoms with Crippen molar-refractivity contribution in [3.8, 4) is 23.1 Å². The average molecular weight is 479 g/mol. The molecule has 33 heavy (non-hydrogen) atoms. The number of anilines is 1. The summed E-state index contributed by atoms with van der Waals surface area (Å²) in [5.41, 5.74) is 3.56. The molecule has 9 heteroatoms. The van der Waals surface area contributed by atoms with E-state index in [0.29, 0.717) is 32.6 Å². The van der Waals surface area contributed by atoms with Gasteiger partial charge < -0.3 is 9.64 Å². The Morgan fingerprint density at radius 3 is 2.61 bits per heavy atom. The quantitative estimate of drug-likeness (QED) is 0.381. The van der Waals surface area contributed by atoms with E-state index < -0.39 is 0 Å². The van der Waals surface area contributed by atoms with Gasteiger partial charge in [-0.15, -0.1) is 0 Å². The topological polar surface area (TPSA) is 90.7 Å². The van der Waals surface area contributed by atoms with E-state index in [1.165, 1.54) is 0 Å². The van der Waals surface area contributed by atoms with E-state index in [0.717, 1.165) is 48.2 Å². The van der Waals surface area contributed by atoms with Crippen molar-refractivity contribution in [1.82, 2.24) is 20.2 Å². The third-order valence-electron chi connectivity index (χ3n) is 5.81. The van der Waals surface area contributed by atoms with Gasteiger partial charge in [0, 0.05) is 48.2 Å². The second-order valence-corrected chi connectivity index (χ2v) is 8.77. The smallest absolute Gasteiger partial charge is 0.146 e. The van der Waals surface area contributed by atoms with Crippen LogP contribution in [0.5, 0.6) is 5.75 Å². The van der Waals surface area contributed by atoms with Gasteiger partial charge in [0.15, 0.2) is 0 Å². The van der Waals surface area contributed by atoms with Crippen LogP contribution < -0.4 is 9.64 Å². The van der Waals surface area contributed by atoms with Crippen LogP contribution in [0.25, 0.3) is 22.2 Å². The predicted molar refractivity (Wildman–Crippen MR) is 129 cm³/mol. The third-order valence-corrected chi connectivity index (χ3v) is 6.41. The molecule has 0 unspecified atom stereocenters. The van der Waals surface area contributed by atoms with Gasteiger partial charge in [0.05, 0.1) is 21.1 Å². The van der Waals surface area contributed by atoms with Crippen molar-refractivity contribution in [1.29, 1.82) is 5.26 Å². The summed E-state index contributed by atoms with van der Waals surface area (Å²) in [6.45, 7) is 3.74. The number of rotatable bonds is 5. The summed E-state index contributed by atoms with van der Waals surface area (Å²) < 4.78 is 6.15. The molecular formula is C24H20Cl2N6O. The lowest BCUT2D eigenvalue weighted by molar-refractivity contribution is 0.227. The van der Waals surface area contributed by atoms with Crippen LogP contribution in [0, 0.1) is 11.3 Å². The van der Waals surface area contributed by atoms with Crippen LogP contribution in [-0.2, 0) is 0 Å². The molecule has 0 radical (unpaired) electrons. The molecule has 1 aliphatic rings. The molecule has 3 aromatic heterocycles. The number of H-pyrrole nitrogens is 1. The van der Waals surface area contributed by atoms with Crippen molar-refractivity contribution in [2.24, 2.45) is 0 Å². The first-order valence-electron chi connectivity index (χ1n) is 10.6. The maximum Gasteiger partial charge on any atom is 0.146 e. The van der Waals surface area contributed by atoms with Crippen LogP contribution in [0.1, 0.15) is 37.0 Å². The molecule has 0 amide bonds. The Bertz CT molecular complexity index is 1350. The lowest BCUT2D eigenvalue weighted by Gasteiger charge is -2.18. The molecule has 1 atom stereocenters. The number of halogens is 2. The molecule has 0 saturated carbocycles. The van der Waals surface area contributed by atoms with Gasteiger partial charge in [-0.25, -0.2) is 4.98 Å². The summed E-state index contributed by atoms with van der Waals surface area (Å²) in [5.74, 6) is 1.38. The van der Waals surface area contributed by atoms with Gasteiger partial charge in [0.2, 0.25) is 0 Å². The van der Waals surface area contributed by atoms with E-state index in [-0.39, 0.29) is 6.10 Å². The van der Waals surface area contributed by atoms with Gasteiger partial charge in [-0.3, -0.25) is 10.1 Å². The van der Waals surface area contributed by atoms with Crippen LogP contribution >= 0.6 is 23.2 Å². The Kier molecular flexibility index (Phi) is 5.79. The number of aromatic nitrogens is 4. The normalized spacial score (nSPS) is 14.4. The van der Waals surface area contributed by atoms with E-state index in [1.807, 2.05) is 31.2 Å². The Morgan fingerprint density at radius 1 is 1.12 bits per heavy atom. The summed E-state index contributed by atoms with van der Waals surface area (Å²) in [6.07, 6.45) is 6.73. The molecule has 1 aliphatic heterocycles. The molecule has 0 aliphatic carbocycles. The molecule has 4 aromatic rings. The highest BCUT2D eigenvalue weighted by molar-refractivity contribution is 6.35. The lowest BCUT2D eigenvalue weighted by Crippen LogP contribution is -2.20. The van der Waals surface area contributed by atoms with Gasteiger partial charge >= 0.3 is 0 Å². The Hall–Kier alpha value is -3.34. The number of nitrogens with one attached hydrogen (secondary N) is 1. The van der Waals surface area contributed by atoms with Gasteiger partial charge in [-0.1, -0.05) is 23.2 Å². The molecule has 4 heterocycles. The molecule has 166 valence electrons. The lowest BCUT2D eigenvalue weighted by atomic mass is 10.1. The van der Waals surface area contributed by atoms with Gasteiger partial charge in [0.1, 0.15) is 29.4 Å². The van der Waals surface area contributed by atoms with Crippen LogP contribution in [0.15, 0.2) is 42.9 Å². The molecule has 1 N–H and O–H groups in total. The molecular weight excluding hydrogens is 459 g/mol. The zero-order valence-corrected chi connectivity index (χ0v) is 19.4. The maximum atomic E-state index is 9.72. The monoisotopic (exact) mass is 478 g/mol. The average Bonchev–Trinajstić information content (AvgIpc) is 3.48. The molecule has 1 aromatic carbocycles. The Balaban J connectivity index is 1.48. The molecule has 1 fully saturated rings. The second kappa shape index (κ2) is 8.89. The van der Waals surface area contributed by atoms with Crippen molar-refractivity contribution >= 4 is 39.9 Å². The number of hydrogen-bond donors (Lipinski definition) is 1. The van der Waals surface area contributed by atoms with Crippen LogP contribution in [0.3, 0.4) is 0 Å². The fourth-order valence-corrected chi connectivity index (χ4v) is 4.88. The van der Waals surface area contributed by atoms with Crippen molar-refractivity contribution in [3.05, 3.63) is 64.0 Å². The fraction of sp³-hybridized carbons (Fsp3) is 0.250. The second-order valence-electron chi connectivity index (χ2n) is 7.96. The number of nitriles is 1. The summed E-state index contributed by atoms with van der Waals surface area (Å²) in [5, 5.41) is 19.0. The number of fused-ring (bicyclic) bond motifs is 1. The standard InChI is InChI=1S/C24H20Cl2N6O/c1-14(22-19(25)12-28-13-20(22)26)33-17-4-5-21-18(9-17)23(31-30-21)16-8-15(10-27)24(29-11-16)32-6-2-3-7-32/h4-5,8-9,11-14H,2-3,6-7H2,1H3,(H,30,31)/t14-/m1/s1. The zero-order valence-electron chi connectivity index (χ0n) is 17.8. The minimum Gasteiger partial charge on any atom is -0.486 e. The molecule has 0 spiro atoms. The minimum atomic E-state index is -0.382. The highest BCUT2D eigenvalue weighted by atomic mass is 35.5. The molecule has 0 bridgehead atoms. The van der Waals surface area contributed by atoms with Crippen molar-refractivity contribution in [2.75, 3.05) is 18.0 Å². The van der Waals surface area contributed by atoms with E-state index in [4.69, 9.17) is 27.9 Å². The molecule has 7 nitrogen and oxygen atoms in total. The van der Waals surface area contributed by atoms with Gasteiger partial charge in [-0.05, 0) is 44.0 Å². The van der Waals surface area contributed by atoms with E-state index >= 15 is 0 Å². The number of ether oxygens (including phenoxy) is 1. The largest absolute Gasteiger partial charge is 0.486 e. The number of nitrogens with zero attached hydrogens (tertiary/aromatic N) is 5. The fourth-order valence-electron chi connectivity index (χ4n) is 4.21. The Labute approximate surface area is 200 Å². The first-order valence-corrected chi connectivity index (χ1v) is 11.4.